The van der Waals surface area contributed by atoms with Crippen molar-refractivity contribution in [1.82, 2.24) is 0 Å². The van der Waals surface area contributed by atoms with Crippen LogP contribution in [0, 0.1) is 0 Å². The predicted molar refractivity (Wildman–Crippen MR) is 39.0 cm³/mol. The molecule has 0 bridgehead atoms. The van der Waals surface area contributed by atoms with Gasteiger partial charge in [0.05, 0.1) is 5.25 Å². The van der Waals surface area contributed by atoms with E-state index >= 15 is 0 Å². The van der Waals surface area contributed by atoms with Gasteiger partial charge in [0, 0.05) is 10.7 Å². The lowest BCUT2D eigenvalue weighted by Crippen LogP contribution is -2.11. The Hall–Kier alpha value is -0.0200. The lowest BCUT2D eigenvalue weighted by Gasteiger charge is -2.04. The molecule has 0 aromatic carbocycles. The molecule has 0 spiro atoms. The minimum Gasteiger partial charge on any atom is -0.212 e. The quantitative estimate of drug-likeness (QED) is 0.463. The standard InChI is InChI=1S/C5H9ClO2S/c1-4(2)5(3)9(6,7)8/h5H,1H2,2-3H3/t5-/m0/s1. The predicted octanol–water partition coefficient (Wildman–Crippen LogP) is 1.52. The summed E-state index contributed by atoms with van der Waals surface area (Å²) < 4.78 is 21.0. The van der Waals surface area contributed by atoms with Gasteiger partial charge in [0.25, 0.3) is 0 Å². The molecule has 0 rings (SSSR count). The molecule has 0 aliphatic heterocycles. The average Bonchev–Trinajstić information content (AvgIpc) is 1.62. The summed E-state index contributed by atoms with van der Waals surface area (Å²) >= 11 is 0. The normalized spacial score (nSPS) is 15.0. The van der Waals surface area contributed by atoms with E-state index in [1.54, 1.807) is 6.92 Å². The first-order valence-electron chi connectivity index (χ1n) is 2.44. The van der Waals surface area contributed by atoms with Gasteiger partial charge in [-0.1, -0.05) is 12.2 Å². The van der Waals surface area contributed by atoms with Crippen LogP contribution in [0.3, 0.4) is 0 Å². The van der Waals surface area contributed by atoms with E-state index in [9.17, 15) is 8.42 Å². The Morgan fingerprint density at radius 2 is 2.00 bits per heavy atom. The van der Waals surface area contributed by atoms with Crippen LogP contribution in [-0.2, 0) is 9.05 Å². The molecule has 0 fully saturated rings. The molecule has 0 aliphatic rings. The van der Waals surface area contributed by atoms with Crippen molar-refractivity contribution in [2.24, 2.45) is 0 Å². The Bertz CT molecular complexity index is 205. The van der Waals surface area contributed by atoms with Gasteiger partial charge in [-0.05, 0) is 13.8 Å². The molecular weight excluding hydrogens is 160 g/mol. The van der Waals surface area contributed by atoms with Crippen LogP contribution in [0.25, 0.3) is 0 Å². The molecule has 0 aromatic rings. The molecule has 0 saturated carbocycles. The van der Waals surface area contributed by atoms with Crippen molar-refractivity contribution >= 4 is 19.7 Å². The van der Waals surface area contributed by atoms with Crippen molar-refractivity contribution < 1.29 is 8.42 Å². The molecule has 0 amide bonds. The number of hydrogen-bond acceptors (Lipinski definition) is 2. The average molecular weight is 169 g/mol. The minimum absolute atomic E-state index is 0.560. The van der Waals surface area contributed by atoms with E-state index in [0.717, 1.165) is 0 Å². The van der Waals surface area contributed by atoms with E-state index in [0.29, 0.717) is 5.57 Å². The second-order valence-electron chi connectivity index (χ2n) is 1.96. The van der Waals surface area contributed by atoms with Crippen LogP contribution in [0.4, 0.5) is 0 Å². The topological polar surface area (TPSA) is 34.1 Å². The van der Waals surface area contributed by atoms with Crippen molar-refractivity contribution in [2.45, 2.75) is 19.1 Å². The van der Waals surface area contributed by atoms with Crippen LogP contribution in [0.5, 0.6) is 0 Å². The summed E-state index contributed by atoms with van der Waals surface area (Å²) in [6.07, 6.45) is 0. The first-order valence-corrected chi connectivity index (χ1v) is 4.82. The van der Waals surface area contributed by atoms with Crippen LogP contribution in [0.1, 0.15) is 13.8 Å². The largest absolute Gasteiger partial charge is 0.238 e. The highest BCUT2D eigenvalue weighted by atomic mass is 35.7. The third kappa shape index (κ3) is 2.87. The van der Waals surface area contributed by atoms with Gasteiger partial charge in [0.15, 0.2) is 0 Å². The van der Waals surface area contributed by atoms with Crippen LogP contribution in [-0.4, -0.2) is 13.7 Å². The van der Waals surface area contributed by atoms with E-state index in [2.05, 4.69) is 6.58 Å². The fraction of sp³-hybridized carbons (Fsp3) is 0.600. The van der Waals surface area contributed by atoms with Crippen molar-refractivity contribution in [3.63, 3.8) is 0 Å². The van der Waals surface area contributed by atoms with Gasteiger partial charge in [0.1, 0.15) is 0 Å². The highest BCUT2D eigenvalue weighted by Gasteiger charge is 2.16. The first-order chi connectivity index (χ1) is 3.85. The van der Waals surface area contributed by atoms with E-state index in [1.165, 1.54) is 6.92 Å². The zero-order valence-corrected chi connectivity index (χ0v) is 6.96. The Balaban J connectivity index is 4.43. The van der Waals surface area contributed by atoms with Crippen molar-refractivity contribution in [3.05, 3.63) is 12.2 Å². The second-order valence-corrected chi connectivity index (χ2v) is 4.91. The molecule has 1 atom stereocenters. The lowest BCUT2D eigenvalue weighted by atomic mass is 10.3. The van der Waals surface area contributed by atoms with Crippen LogP contribution >= 0.6 is 10.7 Å². The maximum absolute atomic E-state index is 10.5. The fourth-order valence-electron chi connectivity index (χ4n) is 0.240. The molecule has 0 saturated heterocycles. The summed E-state index contributed by atoms with van der Waals surface area (Å²) in [7, 11) is 1.56. The molecule has 0 heterocycles. The minimum atomic E-state index is -3.43. The molecule has 9 heavy (non-hydrogen) atoms. The van der Waals surface area contributed by atoms with Crippen molar-refractivity contribution in [1.29, 1.82) is 0 Å². The third-order valence-electron chi connectivity index (χ3n) is 1.12. The Kier molecular flexibility index (Phi) is 2.70. The Labute approximate surface area is 59.9 Å². The summed E-state index contributed by atoms with van der Waals surface area (Å²) in [5, 5.41) is -0.640. The monoisotopic (exact) mass is 168 g/mol. The second kappa shape index (κ2) is 2.71. The molecular formula is C5H9ClO2S. The zero-order chi connectivity index (χ0) is 7.65. The summed E-state index contributed by atoms with van der Waals surface area (Å²) in [5.74, 6) is 0. The van der Waals surface area contributed by atoms with E-state index < -0.39 is 14.3 Å². The molecule has 0 N–H and O–H groups in total. The highest BCUT2D eigenvalue weighted by Crippen LogP contribution is 2.12. The highest BCUT2D eigenvalue weighted by molar-refractivity contribution is 8.14. The van der Waals surface area contributed by atoms with Gasteiger partial charge in [0.2, 0.25) is 9.05 Å². The summed E-state index contributed by atoms with van der Waals surface area (Å²) in [6, 6.07) is 0. The van der Waals surface area contributed by atoms with E-state index in [4.69, 9.17) is 10.7 Å². The smallest absolute Gasteiger partial charge is 0.212 e. The summed E-state index contributed by atoms with van der Waals surface area (Å²) in [4.78, 5) is 0. The fourth-order valence-corrected chi connectivity index (χ4v) is 1.18. The summed E-state index contributed by atoms with van der Waals surface area (Å²) in [6.45, 7) is 6.59. The number of halogens is 1. The van der Waals surface area contributed by atoms with Crippen LogP contribution < -0.4 is 0 Å². The molecule has 4 heteroatoms. The van der Waals surface area contributed by atoms with Crippen LogP contribution in [0.15, 0.2) is 12.2 Å². The van der Waals surface area contributed by atoms with Gasteiger partial charge in [-0.3, -0.25) is 0 Å². The Morgan fingerprint density at radius 1 is 1.67 bits per heavy atom. The van der Waals surface area contributed by atoms with Gasteiger partial charge in [-0.15, -0.1) is 0 Å². The SMILES string of the molecule is C=C(C)[C@H](C)S(=O)(=O)Cl. The molecule has 54 valence electrons. The van der Waals surface area contributed by atoms with Crippen molar-refractivity contribution in [3.8, 4) is 0 Å². The van der Waals surface area contributed by atoms with Crippen molar-refractivity contribution in [2.75, 3.05) is 0 Å². The molecule has 0 unspecified atom stereocenters. The van der Waals surface area contributed by atoms with E-state index in [1.807, 2.05) is 0 Å². The Morgan fingerprint density at radius 3 is 2.00 bits per heavy atom. The van der Waals surface area contributed by atoms with Gasteiger partial charge >= 0.3 is 0 Å². The lowest BCUT2D eigenvalue weighted by molar-refractivity contribution is 0.603. The first kappa shape index (κ1) is 8.98. The number of rotatable bonds is 2. The van der Waals surface area contributed by atoms with Gasteiger partial charge in [-0.25, -0.2) is 8.42 Å². The van der Waals surface area contributed by atoms with E-state index in [-0.39, 0.29) is 0 Å². The molecule has 0 aromatic heterocycles. The molecule has 0 radical (unpaired) electrons. The summed E-state index contributed by atoms with van der Waals surface area (Å²) in [5.41, 5.74) is 0.560. The molecule has 0 aliphatic carbocycles. The number of hydrogen-bond donors (Lipinski definition) is 0. The maximum atomic E-state index is 10.5. The van der Waals surface area contributed by atoms with Gasteiger partial charge < -0.3 is 0 Å². The zero-order valence-electron chi connectivity index (χ0n) is 5.39. The van der Waals surface area contributed by atoms with Gasteiger partial charge in [-0.2, -0.15) is 0 Å². The van der Waals surface area contributed by atoms with Crippen LogP contribution in [0.2, 0.25) is 0 Å². The third-order valence-corrected chi connectivity index (χ3v) is 3.17. The molecule has 2 nitrogen and oxygen atoms in total. The maximum Gasteiger partial charge on any atom is 0.238 e.